The molecule has 0 aromatic heterocycles. The number of allylic oxidation sites excluding steroid dienone is 1. The summed E-state index contributed by atoms with van der Waals surface area (Å²) in [7, 11) is -1.26. The van der Waals surface area contributed by atoms with Gasteiger partial charge in [-0.1, -0.05) is 60.2 Å². The molecule has 1 aliphatic rings. The first-order valence-corrected chi connectivity index (χ1v) is 12.4. The molecule has 0 N–H and O–H groups in total. The average molecular weight is 418 g/mol. The first-order valence-electron chi connectivity index (χ1n) is 9.00. The van der Waals surface area contributed by atoms with Gasteiger partial charge in [0, 0.05) is 0 Å². The third-order valence-corrected chi connectivity index (χ3v) is 4.16. The molecule has 0 aromatic rings. The Bertz CT molecular complexity index is 239. The molecule has 0 bridgehead atoms. The monoisotopic (exact) mass is 416 g/mol. The Labute approximate surface area is 167 Å². The van der Waals surface area contributed by atoms with Gasteiger partial charge in [0.15, 0.2) is 0 Å². The predicted octanol–water partition coefficient (Wildman–Crippen LogP) is 6.70. The van der Waals surface area contributed by atoms with Crippen LogP contribution in [0.15, 0.2) is 12.3 Å². The molecule has 1 saturated carbocycles. The molecule has 5 heteroatoms. The fourth-order valence-corrected chi connectivity index (χ4v) is 3.27. The van der Waals surface area contributed by atoms with Crippen LogP contribution in [0.3, 0.4) is 0 Å². The SMILES string of the molecule is C=C([N-][Si](C)(C)C)C1CCCC1.CC[N-]CC.CC[N-]CC.[Zr+4]. The van der Waals surface area contributed by atoms with Crippen LogP contribution >= 0.6 is 0 Å². The summed E-state index contributed by atoms with van der Waals surface area (Å²) >= 11 is 0. The summed E-state index contributed by atoms with van der Waals surface area (Å²) in [5.41, 5.74) is 1.19. The van der Waals surface area contributed by atoms with E-state index in [-0.39, 0.29) is 26.2 Å². The van der Waals surface area contributed by atoms with Gasteiger partial charge < -0.3 is 15.6 Å². The van der Waals surface area contributed by atoms with Crippen molar-refractivity contribution in [3.8, 4) is 0 Å². The van der Waals surface area contributed by atoms with E-state index in [0.717, 1.165) is 32.1 Å². The van der Waals surface area contributed by atoms with E-state index in [1.165, 1.54) is 31.4 Å². The number of rotatable bonds is 7. The molecule has 1 fully saturated rings. The molecule has 1 aliphatic carbocycles. The second kappa shape index (κ2) is 18.9. The van der Waals surface area contributed by atoms with Gasteiger partial charge in [-0.3, -0.25) is 0 Å². The average Bonchev–Trinajstić information content (AvgIpc) is 2.94. The number of hydrogen-bond acceptors (Lipinski definition) is 0. The zero-order valence-electron chi connectivity index (χ0n) is 16.8. The molecule has 0 unspecified atom stereocenters. The summed E-state index contributed by atoms with van der Waals surface area (Å²) < 4.78 is 0. The topological polar surface area (TPSA) is 42.3 Å². The molecule has 0 aromatic carbocycles. The molecule has 134 valence electrons. The largest absolute Gasteiger partial charge is 4.00 e. The van der Waals surface area contributed by atoms with E-state index in [1.54, 1.807) is 0 Å². The number of hydrogen-bond donors (Lipinski definition) is 0. The molecule has 1 rings (SSSR count). The molecule has 0 aliphatic heterocycles. The minimum absolute atomic E-state index is 0. The van der Waals surface area contributed by atoms with Crippen LogP contribution in [0, 0.1) is 5.92 Å². The van der Waals surface area contributed by atoms with Gasteiger partial charge in [-0.15, -0.1) is 6.58 Å². The summed E-state index contributed by atoms with van der Waals surface area (Å²) in [5.74, 6) is 0.719. The van der Waals surface area contributed by atoms with Crippen molar-refractivity contribution in [2.75, 3.05) is 26.2 Å². The Hall–Kier alpha value is 0.560. The maximum absolute atomic E-state index is 4.74. The van der Waals surface area contributed by atoms with Crippen molar-refractivity contribution in [2.45, 2.75) is 73.0 Å². The van der Waals surface area contributed by atoms with Gasteiger partial charge in [-0.25, -0.2) is 0 Å². The first kappa shape index (κ1) is 28.4. The molecule has 0 atom stereocenters. The summed E-state index contributed by atoms with van der Waals surface area (Å²) in [5, 5.41) is 7.94. The molecule has 0 radical (unpaired) electrons. The van der Waals surface area contributed by atoms with Crippen molar-refractivity contribution in [2.24, 2.45) is 5.92 Å². The van der Waals surface area contributed by atoms with Gasteiger partial charge in [0.2, 0.25) is 0 Å². The second-order valence-electron chi connectivity index (χ2n) is 6.47. The van der Waals surface area contributed by atoms with Crippen molar-refractivity contribution in [3.05, 3.63) is 27.9 Å². The van der Waals surface area contributed by atoms with E-state index in [1.807, 2.05) is 27.7 Å². The van der Waals surface area contributed by atoms with Gasteiger partial charge in [0.25, 0.3) is 0 Å². The van der Waals surface area contributed by atoms with E-state index < -0.39 is 8.24 Å². The summed E-state index contributed by atoms with van der Waals surface area (Å²) in [6, 6.07) is 0. The maximum atomic E-state index is 4.74. The van der Waals surface area contributed by atoms with Crippen molar-refractivity contribution < 1.29 is 26.2 Å². The zero-order chi connectivity index (χ0) is 17.4. The Balaban J connectivity index is -0.000000307. The predicted molar refractivity (Wildman–Crippen MR) is 107 cm³/mol. The zero-order valence-corrected chi connectivity index (χ0v) is 20.2. The van der Waals surface area contributed by atoms with Crippen molar-refractivity contribution in [1.82, 2.24) is 0 Å². The second-order valence-corrected chi connectivity index (χ2v) is 11.0. The molecule has 0 saturated heterocycles. The van der Waals surface area contributed by atoms with Crippen LogP contribution in [0.1, 0.15) is 53.4 Å². The third kappa shape index (κ3) is 22.6. The van der Waals surface area contributed by atoms with Crippen LogP contribution in [0.5, 0.6) is 0 Å². The standard InChI is InChI=1S/C10H20NSi.2C4H10N.Zr/c1-9(11-12(2,3)4)10-7-5-6-8-10;2*1-3-5-4-2;/h10H,1,5-8H2,2-4H3;2*3-4H2,1-2H3;/q3*-1;+4. The fraction of sp³-hybridized carbons (Fsp3) is 0.889. The fourth-order valence-electron chi connectivity index (χ4n) is 2.23. The van der Waals surface area contributed by atoms with Gasteiger partial charge in [0.1, 0.15) is 0 Å². The van der Waals surface area contributed by atoms with E-state index in [0.29, 0.717) is 0 Å². The van der Waals surface area contributed by atoms with Crippen molar-refractivity contribution in [1.29, 1.82) is 0 Å². The Morgan fingerprint density at radius 3 is 1.43 bits per heavy atom. The van der Waals surface area contributed by atoms with Gasteiger partial charge in [0.05, 0.1) is 0 Å². The van der Waals surface area contributed by atoms with Gasteiger partial charge in [-0.05, 0) is 27.0 Å². The van der Waals surface area contributed by atoms with E-state index in [9.17, 15) is 0 Å². The molecular formula is C18H40N3SiZr+. The van der Waals surface area contributed by atoms with Crippen molar-refractivity contribution >= 4 is 8.24 Å². The summed E-state index contributed by atoms with van der Waals surface area (Å²) in [6.07, 6.45) is 5.41. The van der Waals surface area contributed by atoms with Gasteiger partial charge in [-0.2, -0.15) is 31.9 Å². The Morgan fingerprint density at radius 1 is 0.870 bits per heavy atom. The van der Waals surface area contributed by atoms with E-state index >= 15 is 0 Å². The first-order chi connectivity index (χ1) is 10.3. The Kier molecular flexibility index (Phi) is 23.3. The van der Waals surface area contributed by atoms with E-state index in [2.05, 4.69) is 36.9 Å². The van der Waals surface area contributed by atoms with Crippen LogP contribution in [-0.2, 0) is 26.2 Å². The van der Waals surface area contributed by atoms with Crippen molar-refractivity contribution in [3.63, 3.8) is 0 Å². The minimum Gasteiger partial charge on any atom is -0.691 e. The van der Waals surface area contributed by atoms with Crippen LogP contribution in [0.4, 0.5) is 0 Å². The molecule has 0 amide bonds. The molecule has 23 heavy (non-hydrogen) atoms. The molecule has 3 nitrogen and oxygen atoms in total. The minimum atomic E-state index is -1.26. The third-order valence-electron chi connectivity index (χ3n) is 3.20. The smallest absolute Gasteiger partial charge is 0.691 e. The van der Waals surface area contributed by atoms with Crippen LogP contribution < -0.4 is 0 Å². The van der Waals surface area contributed by atoms with Crippen LogP contribution in [-0.4, -0.2) is 34.4 Å². The van der Waals surface area contributed by atoms with Crippen LogP contribution in [0.25, 0.3) is 15.6 Å². The molecule has 0 heterocycles. The van der Waals surface area contributed by atoms with Gasteiger partial charge >= 0.3 is 26.2 Å². The quantitative estimate of drug-likeness (QED) is 0.414. The Morgan fingerprint density at radius 2 is 1.22 bits per heavy atom. The summed E-state index contributed by atoms with van der Waals surface area (Å²) in [6.45, 7) is 23.0. The molecular weight excluding hydrogens is 378 g/mol. The van der Waals surface area contributed by atoms with E-state index in [4.69, 9.17) is 4.98 Å². The molecule has 0 spiro atoms. The van der Waals surface area contributed by atoms with Crippen LogP contribution in [0.2, 0.25) is 19.6 Å². The maximum Gasteiger partial charge on any atom is 4.00 e. The number of nitrogens with zero attached hydrogens (tertiary/aromatic N) is 3. The summed E-state index contributed by atoms with van der Waals surface area (Å²) in [4.78, 5) is 4.74. The normalized spacial score (nSPS) is 13.9.